The minimum atomic E-state index is 0.197. The second-order valence-electron chi connectivity index (χ2n) is 5.78. The summed E-state index contributed by atoms with van der Waals surface area (Å²) in [5, 5.41) is 19.3. The van der Waals surface area contributed by atoms with Gasteiger partial charge in [-0.25, -0.2) is 4.98 Å². The maximum atomic E-state index is 10.3. The van der Waals surface area contributed by atoms with Gasteiger partial charge in [-0.3, -0.25) is 5.41 Å². The first-order valence-electron chi connectivity index (χ1n) is 7.97. The van der Waals surface area contributed by atoms with Crippen LogP contribution in [0.15, 0.2) is 30.0 Å². The van der Waals surface area contributed by atoms with Gasteiger partial charge < -0.3 is 19.5 Å². The van der Waals surface area contributed by atoms with Crippen LogP contribution in [0.1, 0.15) is 15.6 Å². The number of nitrogens with one attached hydrogen (secondary N) is 1. The predicted molar refractivity (Wildman–Crippen MR) is 98.9 cm³/mol. The lowest BCUT2D eigenvalue weighted by Gasteiger charge is -2.18. The fourth-order valence-corrected chi connectivity index (χ4v) is 3.56. The molecule has 0 amide bonds. The van der Waals surface area contributed by atoms with Crippen molar-refractivity contribution in [3.05, 3.63) is 45.6 Å². The fraction of sp³-hybridized carbons (Fsp3) is 0.333. The first-order chi connectivity index (χ1) is 12.0. The molecule has 0 unspecified atom stereocenters. The lowest BCUT2D eigenvalue weighted by molar-refractivity contribution is 0.265. The van der Waals surface area contributed by atoms with E-state index in [1.807, 2.05) is 38.1 Å². The number of aromatic nitrogens is 1. The monoisotopic (exact) mass is 359 g/mol. The molecule has 0 atom stereocenters. The number of benzene rings is 1. The van der Waals surface area contributed by atoms with Gasteiger partial charge in [-0.05, 0) is 38.1 Å². The summed E-state index contributed by atoms with van der Waals surface area (Å²) in [5.74, 6) is 2.02. The third-order valence-corrected chi connectivity index (χ3v) is 5.20. The van der Waals surface area contributed by atoms with E-state index in [9.17, 15) is 5.11 Å². The van der Waals surface area contributed by atoms with Crippen molar-refractivity contribution < 1.29 is 14.6 Å². The van der Waals surface area contributed by atoms with E-state index in [0.717, 1.165) is 22.1 Å². The molecule has 0 spiro atoms. The van der Waals surface area contributed by atoms with Crippen LogP contribution in [0.25, 0.3) is 5.57 Å². The quantitative estimate of drug-likeness (QED) is 0.826. The van der Waals surface area contributed by atoms with Crippen LogP contribution in [0.5, 0.6) is 11.5 Å². The molecule has 0 saturated heterocycles. The molecule has 132 valence electrons. The number of rotatable bonds is 6. The van der Waals surface area contributed by atoms with E-state index in [4.69, 9.17) is 14.9 Å². The second kappa shape index (κ2) is 7.14. The third-order valence-electron chi connectivity index (χ3n) is 4.11. The van der Waals surface area contributed by atoms with Crippen molar-refractivity contribution in [2.24, 2.45) is 0 Å². The fourth-order valence-electron chi connectivity index (χ4n) is 2.57. The highest BCUT2D eigenvalue weighted by atomic mass is 32.1. The Labute approximate surface area is 150 Å². The van der Waals surface area contributed by atoms with Crippen molar-refractivity contribution in [3.8, 4) is 11.5 Å². The lowest BCUT2D eigenvalue weighted by atomic mass is 10.2. The van der Waals surface area contributed by atoms with Crippen LogP contribution in [0, 0.1) is 19.3 Å². The van der Waals surface area contributed by atoms with Crippen molar-refractivity contribution in [2.75, 3.05) is 26.8 Å². The molecule has 25 heavy (non-hydrogen) atoms. The Bertz CT molecular complexity index is 792. The first-order valence-corrected chi connectivity index (χ1v) is 8.78. The van der Waals surface area contributed by atoms with Gasteiger partial charge >= 0.3 is 0 Å². The van der Waals surface area contributed by atoms with Gasteiger partial charge in [0.1, 0.15) is 34.7 Å². The van der Waals surface area contributed by atoms with Crippen LogP contribution in [0.4, 0.5) is 0 Å². The van der Waals surface area contributed by atoms with Gasteiger partial charge in [0.15, 0.2) is 0 Å². The number of ether oxygens (including phenoxy) is 2. The molecule has 1 aromatic carbocycles. The summed E-state index contributed by atoms with van der Waals surface area (Å²) >= 11 is 1.51. The highest BCUT2D eigenvalue weighted by Gasteiger charge is 2.30. The molecule has 1 aliphatic heterocycles. The maximum Gasteiger partial charge on any atom is 0.135 e. The molecule has 1 aliphatic rings. The van der Waals surface area contributed by atoms with Crippen molar-refractivity contribution in [2.45, 2.75) is 13.8 Å². The van der Waals surface area contributed by atoms with E-state index < -0.39 is 0 Å². The molecule has 2 N–H and O–H groups in total. The number of methoxy groups -OCH3 is 1. The van der Waals surface area contributed by atoms with Crippen molar-refractivity contribution in [3.63, 3.8) is 0 Å². The summed E-state index contributed by atoms with van der Waals surface area (Å²) in [7, 11) is 1.62. The van der Waals surface area contributed by atoms with E-state index in [-0.39, 0.29) is 5.76 Å². The van der Waals surface area contributed by atoms with Gasteiger partial charge in [0.25, 0.3) is 0 Å². The molecule has 0 saturated carbocycles. The standard InChI is InChI=1S/C18H21N3O3S/c1-11-12(2)25-18(20-11)16-15(22)10-21(17(16)19)8-9-24-14-6-4-13(23-3)5-7-14/h4-7,19,22H,8-10H2,1-3H3. The van der Waals surface area contributed by atoms with E-state index in [0.29, 0.717) is 36.1 Å². The van der Waals surface area contributed by atoms with E-state index >= 15 is 0 Å². The number of amidine groups is 1. The Balaban J connectivity index is 1.59. The molecule has 2 heterocycles. The minimum Gasteiger partial charge on any atom is -0.510 e. The van der Waals surface area contributed by atoms with Crippen LogP contribution < -0.4 is 9.47 Å². The molecule has 1 aromatic heterocycles. The molecule has 2 aromatic rings. The SMILES string of the molecule is COc1ccc(OCCN2CC(O)=C(c3nc(C)c(C)s3)C2=N)cc1. The molecule has 6 nitrogen and oxygen atoms in total. The topological polar surface area (TPSA) is 78.7 Å². The van der Waals surface area contributed by atoms with Crippen LogP contribution in [-0.2, 0) is 0 Å². The average molecular weight is 359 g/mol. The van der Waals surface area contributed by atoms with E-state index in [2.05, 4.69) is 4.98 Å². The molecule has 3 rings (SSSR count). The molecule has 7 heteroatoms. The number of aliphatic hydroxyl groups is 1. The number of hydrogen-bond donors (Lipinski definition) is 2. The Kier molecular flexibility index (Phi) is 4.94. The summed E-state index contributed by atoms with van der Waals surface area (Å²) < 4.78 is 10.8. The number of aliphatic hydroxyl groups excluding tert-OH is 1. The van der Waals surface area contributed by atoms with Crippen molar-refractivity contribution >= 4 is 22.7 Å². The van der Waals surface area contributed by atoms with Gasteiger partial charge in [-0.1, -0.05) is 0 Å². The number of thiazole rings is 1. The third kappa shape index (κ3) is 3.61. The molecule has 0 radical (unpaired) electrons. The minimum absolute atomic E-state index is 0.197. The summed E-state index contributed by atoms with van der Waals surface area (Å²) in [6.45, 7) is 5.18. The summed E-state index contributed by atoms with van der Waals surface area (Å²) in [5.41, 5.74) is 1.47. The Morgan fingerprint density at radius 2 is 1.92 bits per heavy atom. The Morgan fingerprint density at radius 1 is 1.24 bits per heavy atom. The van der Waals surface area contributed by atoms with E-state index in [1.54, 1.807) is 12.0 Å². The molecular formula is C18H21N3O3S. The summed E-state index contributed by atoms with van der Waals surface area (Å²) in [4.78, 5) is 7.35. The number of nitrogens with zero attached hydrogens (tertiary/aromatic N) is 2. The molecule has 0 bridgehead atoms. The van der Waals surface area contributed by atoms with Crippen LogP contribution in [0.2, 0.25) is 0 Å². The van der Waals surface area contributed by atoms with Gasteiger partial charge in [-0.15, -0.1) is 11.3 Å². The van der Waals surface area contributed by atoms with Crippen LogP contribution >= 0.6 is 11.3 Å². The van der Waals surface area contributed by atoms with Crippen LogP contribution in [0.3, 0.4) is 0 Å². The normalized spacial score (nSPS) is 14.4. The average Bonchev–Trinajstić information content (AvgIpc) is 3.07. The predicted octanol–water partition coefficient (Wildman–Crippen LogP) is 3.41. The van der Waals surface area contributed by atoms with Gasteiger partial charge in [0.05, 0.1) is 31.5 Å². The summed E-state index contributed by atoms with van der Waals surface area (Å²) in [6, 6.07) is 7.37. The highest BCUT2D eigenvalue weighted by Crippen LogP contribution is 2.31. The van der Waals surface area contributed by atoms with Crippen molar-refractivity contribution in [1.82, 2.24) is 9.88 Å². The lowest BCUT2D eigenvalue weighted by Crippen LogP contribution is -2.31. The summed E-state index contributed by atoms with van der Waals surface area (Å²) in [6.07, 6.45) is 0. The zero-order chi connectivity index (χ0) is 18.0. The maximum absolute atomic E-state index is 10.3. The highest BCUT2D eigenvalue weighted by molar-refractivity contribution is 7.13. The van der Waals surface area contributed by atoms with E-state index in [1.165, 1.54) is 11.3 Å². The van der Waals surface area contributed by atoms with Crippen LogP contribution in [-0.4, -0.2) is 47.6 Å². The molecular weight excluding hydrogens is 338 g/mol. The smallest absolute Gasteiger partial charge is 0.135 e. The number of aryl methyl sites for hydroxylation is 2. The zero-order valence-electron chi connectivity index (χ0n) is 14.5. The second-order valence-corrected chi connectivity index (χ2v) is 6.98. The molecule has 0 aliphatic carbocycles. The van der Waals surface area contributed by atoms with Gasteiger partial charge in [-0.2, -0.15) is 0 Å². The Hall–Kier alpha value is -2.54. The number of hydrogen-bond acceptors (Lipinski definition) is 6. The van der Waals surface area contributed by atoms with Gasteiger partial charge in [0.2, 0.25) is 0 Å². The first kappa shape index (κ1) is 17.3. The van der Waals surface area contributed by atoms with Gasteiger partial charge in [0, 0.05) is 4.88 Å². The molecule has 0 fully saturated rings. The Morgan fingerprint density at radius 3 is 2.52 bits per heavy atom. The zero-order valence-corrected chi connectivity index (χ0v) is 15.3. The largest absolute Gasteiger partial charge is 0.510 e. The van der Waals surface area contributed by atoms with Crippen molar-refractivity contribution in [1.29, 1.82) is 5.41 Å².